The van der Waals surface area contributed by atoms with Crippen LogP contribution in [0, 0.1) is 0 Å². The third-order valence-corrected chi connectivity index (χ3v) is 0. The van der Waals surface area contributed by atoms with Gasteiger partial charge in [-0.1, -0.05) is 0 Å². The van der Waals surface area contributed by atoms with Crippen LogP contribution in [0.5, 0.6) is 0 Å². The van der Waals surface area contributed by atoms with Gasteiger partial charge in [0, 0.05) is 0 Å². The topological polar surface area (TPSA) is 45.6 Å². The molecule has 0 aliphatic heterocycles. The van der Waals surface area contributed by atoms with E-state index in [9.17, 15) is 0 Å². The van der Waals surface area contributed by atoms with Gasteiger partial charge in [0.05, 0.1) is 0 Å². The van der Waals surface area contributed by atoms with Crippen molar-refractivity contribution in [3.05, 3.63) is 0 Å². The van der Waals surface area contributed by atoms with Crippen LogP contribution in [0.3, 0.4) is 0 Å². The maximum absolute atomic E-state index is 7.88. The van der Waals surface area contributed by atoms with E-state index in [4.69, 9.17) is 3.90 Å². The van der Waals surface area contributed by atoms with Gasteiger partial charge in [-0.15, -0.1) is 0 Å². The zero-order valence-electron chi connectivity index (χ0n) is 1.49. The van der Waals surface area contributed by atoms with Crippen molar-refractivity contribution in [2.45, 2.75) is 0 Å². The first-order valence-corrected chi connectivity index (χ1v) is 0.532. The second-order valence-corrected chi connectivity index (χ2v) is 0. The van der Waals surface area contributed by atoms with Gasteiger partial charge in [-0.2, -0.15) is 0 Å². The van der Waals surface area contributed by atoms with Crippen molar-refractivity contribution >= 4 is 0 Å². The Morgan fingerprint density at radius 2 is 1.25 bits per heavy atom. The Kier molecular flexibility index (Phi) is 262. The van der Waals surface area contributed by atoms with Crippen molar-refractivity contribution in [1.29, 1.82) is 0 Å². The quantitative estimate of drug-likeness (QED) is 0.435. The minimum atomic E-state index is 0. The molecule has 0 aliphatic rings. The second-order valence-electron chi connectivity index (χ2n) is 0. The van der Waals surface area contributed by atoms with E-state index in [1.54, 1.807) is 0 Å². The van der Waals surface area contributed by atoms with Crippen LogP contribution in [0.25, 0.3) is 0 Å². The van der Waals surface area contributed by atoms with Crippen molar-refractivity contribution in [1.82, 2.24) is 0 Å². The Bertz CT molecular complexity index is 6.00. The molecule has 0 aromatic rings. The Hall–Kier alpha value is 0.773. The number of hydrogen-bond donors (Lipinski definition) is 0. The molecule has 0 spiro atoms. The van der Waals surface area contributed by atoms with Crippen molar-refractivity contribution in [3.63, 3.8) is 0 Å². The van der Waals surface area contributed by atoms with Crippen LogP contribution in [0.2, 0.25) is 0 Å². The zero-order valence-corrected chi connectivity index (χ0v) is 3.58. The number of hydrogen-bond acceptors (Lipinski definition) is 1. The molecule has 0 aliphatic carbocycles. The summed E-state index contributed by atoms with van der Waals surface area (Å²) < 4.78 is 7.88. The molecule has 0 saturated heterocycles. The van der Waals surface area contributed by atoms with Crippen molar-refractivity contribution in [3.8, 4) is 0 Å². The molecule has 0 saturated carbocycles. The predicted molar refractivity (Wildman–Crippen MR) is 1.37 cm³/mol. The summed E-state index contributed by atoms with van der Waals surface area (Å²) in [5.74, 6) is 0. The minimum absolute atomic E-state index is 0. The fraction of sp³-hybridized carbons (Fsp3) is 0. The van der Waals surface area contributed by atoms with Gasteiger partial charge in [0.15, 0.2) is 0 Å². The maximum atomic E-state index is 7.88. The van der Waals surface area contributed by atoms with E-state index < -0.39 is 0 Å². The first kappa shape index (κ1) is 21.6. The Labute approximate surface area is 42.3 Å². The van der Waals surface area contributed by atoms with Crippen LogP contribution in [0.15, 0.2) is 0 Å². The van der Waals surface area contributed by atoms with Crippen molar-refractivity contribution in [2.24, 2.45) is 0 Å². The van der Waals surface area contributed by atoms with E-state index in [2.05, 4.69) is 15.4 Å². The third-order valence-electron chi connectivity index (χ3n) is 0. The molecule has 0 unspecified atom stereocenters. The normalized spacial score (nSPS) is 1.50. The Morgan fingerprint density at radius 1 is 1.25 bits per heavy atom. The van der Waals surface area contributed by atoms with E-state index in [1.165, 1.54) is 0 Å². The molecule has 0 aromatic carbocycles. The van der Waals surface area contributed by atoms with Gasteiger partial charge in [0.2, 0.25) is 0 Å². The number of rotatable bonds is 0. The van der Waals surface area contributed by atoms with Crippen LogP contribution in [-0.4, -0.2) is 0 Å². The molecule has 30 valence electrons. The average Bonchev–Trinajstić information content (AvgIpc) is 1.00. The molecule has 0 amide bonds. The van der Waals surface area contributed by atoms with Crippen LogP contribution in [-0.2, 0) is 41.8 Å². The third kappa shape index (κ3) is 14.6. The van der Waals surface area contributed by atoms with Crippen LogP contribution < -0.4 is 0 Å². The van der Waals surface area contributed by atoms with Crippen molar-refractivity contribution < 1.29 is 41.8 Å². The molecule has 0 N–H and O–H groups in total. The summed E-state index contributed by atoms with van der Waals surface area (Å²) in [7, 11) is 0. The molecule has 0 fully saturated rings. The van der Waals surface area contributed by atoms with E-state index in [1.807, 2.05) is 0 Å². The summed E-state index contributed by atoms with van der Waals surface area (Å²) in [5, 5.41) is 0. The summed E-state index contributed by atoms with van der Waals surface area (Å²) in [5.41, 5.74) is 0. The molecule has 4 heavy (non-hydrogen) atoms. The molecule has 0 atom stereocenters. The van der Waals surface area contributed by atoms with Gasteiger partial charge in [0.1, 0.15) is 0 Å². The van der Waals surface area contributed by atoms with Gasteiger partial charge >= 0.3 is 36.4 Å². The molecular weight excluding hydrogens is 147 g/mol. The fourth-order valence-corrected chi connectivity index (χ4v) is 0. The fourth-order valence-electron chi connectivity index (χ4n) is 0. The molecule has 0 rings (SSSR count). The molecule has 0 bridgehead atoms. The van der Waals surface area contributed by atoms with Gasteiger partial charge in [0.25, 0.3) is 0 Å². The zero-order chi connectivity index (χ0) is 2.00. The Morgan fingerprint density at radius 3 is 1.25 bits per heavy atom. The molecule has 0 radical (unpaired) electrons. The standard InChI is InChI=1S/Fe.Ni.2O/q+2;;;-2. The van der Waals surface area contributed by atoms with Gasteiger partial charge < -0.3 is 5.48 Å². The summed E-state index contributed by atoms with van der Waals surface area (Å²) in [6, 6.07) is 0. The van der Waals surface area contributed by atoms with E-state index in [0.717, 1.165) is 0 Å². The first-order valence-electron chi connectivity index (χ1n) is 0.129. The predicted octanol–water partition coefficient (Wildman–Crippen LogP) is -0.243. The van der Waals surface area contributed by atoms with Gasteiger partial charge in [-0.3, -0.25) is 0 Å². The van der Waals surface area contributed by atoms with Gasteiger partial charge in [-0.05, 0) is 0 Å². The second kappa shape index (κ2) is 48.6. The molecule has 0 heterocycles. The summed E-state index contributed by atoms with van der Waals surface area (Å²) in [6.45, 7) is 0. The SMILES string of the molecule is [Fe+2].[O-2].[O]=[Ni]. The van der Waals surface area contributed by atoms with E-state index in [0.29, 0.717) is 0 Å². The van der Waals surface area contributed by atoms with E-state index in [-0.39, 0.29) is 22.5 Å². The van der Waals surface area contributed by atoms with Crippen molar-refractivity contribution in [2.75, 3.05) is 0 Å². The van der Waals surface area contributed by atoms with Crippen LogP contribution in [0.1, 0.15) is 0 Å². The average molecular weight is 147 g/mol. The van der Waals surface area contributed by atoms with Crippen LogP contribution in [0.4, 0.5) is 0 Å². The molecule has 2 nitrogen and oxygen atoms in total. The molecule has 0 aromatic heterocycles. The van der Waals surface area contributed by atoms with Gasteiger partial charge in [-0.25, -0.2) is 0 Å². The monoisotopic (exact) mass is 146 g/mol. The van der Waals surface area contributed by atoms with E-state index >= 15 is 0 Å². The Balaban J connectivity index is -0.00000000500. The summed E-state index contributed by atoms with van der Waals surface area (Å²) in [4.78, 5) is 0. The summed E-state index contributed by atoms with van der Waals surface area (Å²) in [6.07, 6.45) is 0. The molecular formula is FeNiO2. The molecule has 4 heteroatoms. The summed E-state index contributed by atoms with van der Waals surface area (Å²) >= 11 is 2.62. The first-order chi connectivity index (χ1) is 1.00. The van der Waals surface area contributed by atoms with Crippen LogP contribution >= 0.6 is 0 Å².